The lowest BCUT2D eigenvalue weighted by Crippen LogP contribution is -1.80. The molecule has 0 aromatic carbocycles. The molecule has 0 aromatic rings. The van der Waals surface area contributed by atoms with Crippen LogP contribution >= 0.6 is 22.6 Å². The molecular formula is C4H7IN2. The number of allylic oxidation sites excluding steroid dienone is 1. The molecule has 2 nitrogen and oxygen atoms in total. The summed E-state index contributed by atoms with van der Waals surface area (Å²) in [7, 11) is 1.71. The molecule has 0 unspecified atom stereocenters. The zero-order chi connectivity index (χ0) is 5.70. The van der Waals surface area contributed by atoms with E-state index >= 15 is 0 Å². The molecule has 7 heavy (non-hydrogen) atoms. The SMILES string of the molecule is CN=CC(I)=CN. The average molecular weight is 210 g/mol. The third-order valence-electron chi connectivity index (χ3n) is 0.412. The van der Waals surface area contributed by atoms with Crippen LogP contribution in [-0.2, 0) is 0 Å². The van der Waals surface area contributed by atoms with Crippen molar-refractivity contribution in [3.8, 4) is 0 Å². The zero-order valence-corrected chi connectivity index (χ0v) is 6.21. The second kappa shape index (κ2) is 4.11. The lowest BCUT2D eigenvalue weighted by molar-refractivity contribution is 1.47. The van der Waals surface area contributed by atoms with Gasteiger partial charge in [-0.2, -0.15) is 0 Å². The van der Waals surface area contributed by atoms with E-state index in [1.54, 1.807) is 13.3 Å². The molecule has 0 amide bonds. The maximum atomic E-state index is 5.10. The van der Waals surface area contributed by atoms with E-state index < -0.39 is 0 Å². The van der Waals surface area contributed by atoms with E-state index in [0.717, 1.165) is 3.58 Å². The van der Waals surface area contributed by atoms with Gasteiger partial charge in [0.15, 0.2) is 0 Å². The third kappa shape index (κ3) is 3.78. The van der Waals surface area contributed by atoms with Crippen LogP contribution in [0, 0.1) is 0 Å². The highest BCUT2D eigenvalue weighted by atomic mass is 127. The van der Waals surface area contributed by atoms with E-state index in [-0.39, 0.29) is 0 Å². The highest BCUT2D eigenvalue weighted by molar-refractivity contribution is 14.1. The average Bonchev–Trinajstić information content (AvgIpc) is 1.68. The maximum Gasteiger partial charge on any atom is 0.0463 e. The molecular weight excluding hydrogens is 203 g/mol. The van der Waals surface area contributed by atoms with E-state index in [1.807, 2.05) is 0 Å². The smallest absolute Gasteiger partial charge is 0.0463 e. The van der Waals surface area contributed by atoms with Crippen molar-refractivity contribution in [2.75, 3.05) is 7.05 Å². The second-order valence-corrected chi connectivity index (χ2v) is 2.18. The van der Waals surface area contributed by atoms with E-state index in [4.69, 9.17) is 5.73 Å². The molecule has 0 atom stereocenters. The summed E-state index contributed by atoms with van der Waals surface area (Å²) in [6.45, 7) is 0. The number of hydrogen-bond acceptors (Lipinski definition) is 2. The molecule has 0 aliphatic rings. The van der Waals surface area contributed by atoms with Crippen LogP contribution in [-0.4, -0.2) is 13.3 Å². The molecule has 0 fully saturated rings. The van der Waals surface area contributed by atoms with E-state index in [9.17, 15) is 0 Å². The van der Waals surface area contributed by atoms with Crippen LogP contribution in [0.2, 0.25) is 0 Å². The fraction of sp³-hybridized carbons (Fsp3) is 0.250. The number of halogens is 1. The Labute approximate surface area is 56.6 Å². The van der Waals surface area contributed by atoms with Gasteiger partial charge in [-0.1, -0.05) is 0 Å². The molecule has 0 rings (SSSR count). The van der Waals surface area contributed by atoms with Crippen molar-refractivity contribution in [2.24, 2.45) is 10.7 Å². The summed E-state index contributed by atoms with van der Waals surface area (Å²) in [4.78, 5) is 3.73. The summed E-state index contributed by atoms with van der Waals surface area (Å²) in [6.07, 6.45) is 3.20. The predicted molar refractivity (Wildman–Crippen MR) is 40.7 cm³/mol. The molecule has 0 heterocycles. The zero-order valence-electron chi connectivity index (χ0n) is 4.06. The maximum absolute atomic E-state index is 5.10. The number of nitrogens with two attached hydrogens (primary N) is 1. The first-order valence-electron chi connectivity index (χ1n) is 1.81. The lowest BCUT2D eigenvalue weighted by Gasteiger charge is -1.78. The van der Waals surface area contributed by atoms with Crippen LogP contribution in [0.3, 0.4) is 0 Å². The molecule has 0 aliphatic carbocycles. The summed E-state index contributed by atoms with van der Waals surface area (Å²) in [5.41, 5.74) is 5.10. The van der Waals surface area contributed by atoms with Gasteiger partial charge in [-0.15, -0.1) is 0 Å². The monoisotopic (exact) mass is 210 g/mol. The number of rotatable bonds is 1. The third-order valence-corrected chi connectivity index (χ3v) is 1.05. The van der Waals surface area contributed by atoms with Crippen molar-refractivity contribution in [1.82, 2.24) is 0 Å². The Morgan fingerprint density at radius 3 is 2.57 bits per heavy atom. The Hall–Kier alpha value is -0.0600. The van der Waals surface area contributed by atoms with Crippen LogP contribution in [0.1, 0.15) is 0 Å². The lowest BCUT2D eigenvalue weighted by atomic mass is 10.7. The number of hydrogen-bond donors (Lipinski definition) is 1. The Kier molecular flexibility index (Phi) is 4.07. The Balaban J connectivity index is 3.58. The first-order chi connectivity index (χ1) is 3.31. The van der Waals surface area contributed by atoms with Crippen molar-refractivity contribution in [3.05, 3.63) is 9.78 Å². The first kappa shape index (κ1) is 6.94. The fourth-order valence-corrected chi connectivity index (χ4v) is 0.445. The second-order valence-electron chi connectivity index (χ2n) is 0.939. The molecule has 0 spiro atoms. The van der Waals surface area contributed by atoms with E-state index in [0.29, 0.717) is 0 Å². The first-order valence-corrected chi connectivity index (χ1v) is 2.88. The van der Waals surface area contributed by atoms with Crippen molar-refractivity contribution < 1.29 is 0 Å². The fourth-order valence-electron chi connectivity index (χ4n) is 0.166. The van der Waals surface area contributed by atoms with Gasteiger partial charge < -0.3 is 5.73 Å². The molecule has 0 saturated carbocycles. The quantitative estimate of drug-likeness (QED) is 0.507. The molecule has 0 radical (unpaired) electrons. The molecule has 0 aliphatic heterocycles. The minimum absolute atomic E-state index is 0.958. The van der Waals surface area contributed by atoms with Crippen molar-refractivity contribution in [2.45, 2.75) is 0 Å². The van der Waals surface area contributed by atoms with Gasteiger partial charge in [0.1, 0.15) is 0 Å². The van der Waals surface area contributed by atoms with Crippen LogP contribution in [0.15, 0.2) is 14.8 Å². The van der Waals surface area contributed by atoms with Crippen LogP contribution in [0.5, 0.6) is 0 Å². The van der Waals surface area contributed by atoms with E-state index in [2.05, 4.69) is 27.6 Å². The number of nitrogens with zero attached hydrogens (tertiary/aromatic N) is 1. The minimum atomic E-state index is 0.958. The molecule has 40 valence electrons. The minimum Gasteiger partial charge on any atom is -0.404 e. The highest BCUT2D eigenvalue weighted by Gasteiger charge is 1.74. The van der Waals surface area contributed by atoms with Crippen molar-refractivity contribution >= 4 is 28.8 Å². The van der Waals surface area contributed by atoms with Crippen LogP contribution in [0.25, 0.3) is 0 Å². The Bertz CT molecular complexity index is 95.9. The summed E-state index contributed by atoms with van der Waals surface area (Å²) in [6, 6.07) is 0. The number of aliphatic imine (C=N–C) groups is 1. The standard InChI is InChI=1S/C4H7IN2/c1-7-3-4(5)2-6/h2-3H,6H2,1H3. The molecule has 0 saturated heterocycles. The van der Waals surface area contributed by atoms with Gasteiger partial charge in [-0.3, -0.25) is 4.99 Å². The molecule has 0 aromatic heterocycles. The van der Waals surface area contributed by atoms with Gasteiger partial charge in [0.25, 0.3) is 0 Å². The van der Waals surface area contributed by atoms with Crippen LogP contribution < -0.4 is 5.73 Å². The largest absolute Gasteiger partial charge is 0.404 e. The van der Waals surface area contributed by atoms with Gasteiger partial charge in [0, 0.05) is 23.0 Å². The predicted octanol–water partition coefficient (Wildman–Crippen LogP) is 0.922. The van der Waals surface area contributed by atoms with Gasteiger partial charge in [-0.05, 0) is 22.6 Å². The summed E-state index contributed by atoms with van der Waals surface area (Å²) in [5.74, 6) is 0. The van der Waals surface area contributed by atoms with Gasteiger partial charge in [0.2, 0.25) is 0 Å². The van der Waals surface area contributed by atoms with Gasteiger partial charge in [0.05, 0.1) is 0 Å². The highest BCUT2D eigenvalue weighted by Crippen LogP contribution is 1.96. The summed E-state index contributed by atoms with van der Waals surface area (Å²) < 4.78 is 0.958. The van der Waals surface area contributed by atoms with Gasteiger partial charge in [-0.25, -0.2) is 0 Å². The van der Waals surface area contributed by atoms with Crippen molar-refractivity contribution in [1.29, 1.82) is 0 Å². The molecule has 0 bridgehead atoms. The van der Waals surface area contributed by atoms with Gasteiger partial charge >= 0.3 is 0 Å². The summed E-state index contributed by atoms with van der Waals surface area (Å²) >= 11 is 2.09. The summed E-state index contributed by atoms with van der Waals surface area (Å²) in [5, 5.41) is 0. The topological polar surface area (TPSA) is 38.4 Å². The normalized spacial score (nSPS) is 13.1. The molecule has 3 heteroatoms. The molecule has 2 N–H and O–H groups in total. The van der Waals surface area contributed by atoms with Crippen molar-refractivity contribution in [3.63, 3.8) is 0 Å². The Morgan fingerprint density at radius 2 is 2.43 bits per heavy atom. The Morgan fingerprint density at radius 1 is 1.86 bits per heavy atom. The van der Waals surface area contributed by atoms with Crippen LogP contribution in [0.4, 0.5) is 0 Å². The van der Waals surface area contributed by atoms with E-state index in [1.165, 1.54) is 6.20 Å².